The van der Waals surface area contributed by atoms with Crippen LogP contribution < -0.4 is 21.3 Å². The van der Waals surface area contributed by atoms with Gasteiger partial charge in [0.25, 0.3) is 5.91 Å². The molecule has 3 aromatic heterocycles. The van der Waals surface area contributed by atoms with Gasteiger partial charge in [-0.25, -0.2) is 14.1 Å². The second-order valence-corrected chi connectivity index (χ2v) is 13.7. The van der Waals surface area contributed by atoms with E-state index < -0.39 is 11.6 Å². The summed E-state index contributed by atoms with van der Waals surface area (Å²) in [7, 11) is 0. The lowest BCUT2D eigenvalue weighted by atomic mass is 9.61. The van der Waals surface area contributed by atoms with Crippen molar-refractivity contribution in [2.24, 2.45) is 0 Å². The van der Waals surface area contributed by atoms with Crippen LogP contribution >= 0.6 is 0 Å². The Morgan fingerprint density at radius 1 is 0.917 bits per heavy atom. The van der Waals surface area contributed by atoms with E-state index in [0.717, 1.165) is 75.4 Å². The average molecular weight is 656 g/mol. The van der Waals surface area contributed by atoms with Crippen LogP contribution in [0.1, 0.15) is 80.1 Å². The van der Waals surface area contributed by atoms with E-state index in [1.54, 1.807) is 21.7 Å². The maximum Gasteiger partial charge on any atom is 0.405 e. The van der Waals surface area contributed by atoms with E-state index in [1.165, 1.54) is 6.20 Å². The number of morpholine rings is 1. The molecule has 3 aromatic rings. The largest absolute Gasteiger partial charge is 0.465 e. The summed E-state index contributed by atoms with van der Waals surface area (Å²) in [6.07, 6.45) is 9.72. The van der Waals surface area contributed by atoms with Gasteiger partial charge >= 0.3 is 12.1 Å². The molecule has 252 valence electrons. The average Bonchev–Trinajstić information content (AvgIpc) is 3.53. The van der Waals surface area contributed by atoms with Gasteiger partial charge in [0.2, 0.25) is 0 Å². The van der Waals surface area contributed by atoms with Gasteiger partial charge in [-0.2, -0.15) is 10.4 Å². The molecule has 0 radical (unpaired) electrons. The molecule has 4 heterocycles. The van der Waals surface area contributed by atoms with Crippen LogP contribution in [-0.4, -0.2) is 92.1 Å². The molecule has 0 unspecified atom stereocenters. The number of carboxylic acid groups (broad SMARTS) is 1. The Balaban J connectivity index is 1.08. The molecule has 5 N–H and O–H groups in total. The number of nitriles is 1. The molecule has 5 aliphatic rings. The lowest BCUT2D eigenvalue weighted by molar-refractivity contribution is 0.0520. The molecular weight excluding hydrogens is 614 g/mol. The molecule has 4 aliphatic carbocycles. The number of fused-ring (bicyclic) bond motifs is 4. The molecule has 14 heteroatoms. The van der Waals surface area contributed by atoms with Crippen LogP contribution in [-0.2, 0) is 4.74 Å². The van der Waals surface area contributed by atoms with Gasteiger partial charge in [0.15, 0.2) is 0 Å². The molecule has 5 fully saturated rings. The highest BCUT2D eigenvalue weighted by Crippen LogP contribution is 2.48. The van der Waals surface area contributed by atoms with Gasteiger partial charge in [0.05, 0.1) is 53.1 Å². The van der Waals surface area contributed by atoms with Crippen molar-refractivity contribution in [3.8, 4) is 17.5 Å². The smallest absolute Gasteiger partial charge is 0.405 e. The van der Waals surface area contributed by atoms with Gasteiger partial charge in [0.1, 0.15) is 6.07 Å². The second-order valence-electron chi connectivity index (χ2n) is 13.7. The minimum Gasteiger partial charge on any atom is -0.465 e. The zero-order chi connectivity index (χ0) is 33.3. The lowest BCUT2D eigenvalue weighted by Gasteiger charge is -2.54. The Hall–Kier alpha value is -4.90. The maximum atomic E-state index is 13.9. The maximum absolute atomic E-state index is 13.9. The van der Waals surface area contributed by atoms with E-state index in [0.29, 0.717) is 48.8 Å². The number of pyridine rings is 1. The third-order valence-corrected chi connectivity index (χ3v) is 10.7. The first-order valence-corrected chi connectivity index (χ1v) is 16.9. The number of carbonyl (C=O) groups is 3. The van der Waals surface area contributed by atoms with Crippen LogP contribution in [0, 0.1) is 11.3 Å². The fraction of sp³-hybridized carbons (Fsp3) is 0.529. The summed E-state index contributed by atoms with van der Waals surface area (Å²) >= 11 is 0. The Morgan fingerprint density at radius 2 is 1.58 bits per heavy atom. The Bertz CT molecular complexity index is 1730. The molecule has 8 rings (SSSR count). The van der Waals surface area contributed by atoms with Gasteiger partial charge in [-0.3, -0.25) is 9.78 Å². The first kappa shape index (κ1) is 31.7. The SMILES string of the molecule is N#Cc1cnn2c(-c3cc(NC45CCC(NC(=O)O)(CC4)CC5)c(C(=O)NC4CCC(NC(=O)N5CCOCC5)CC4)cn3)ccc2c1. The normalized spacial score (nSPS) is 26.8. The third-order valence-electron chi connectivity index (χ3n) is 10.7. The summed E-state index contributed by atoms with van der Waals surface area (Å²) in [4.78, 5) is 44.6. The summed E-state index contributed by atoms with van der Waals surface area (Å²) in [6, 6.07) is 9.56. The van der Waals surface area contributed by atoms with Gasteiger partial charge in [0, 0.05) is 42.4 Å². The molecule has 14 nitrogen and oxygen atoms in total. The summed E-state index contributed by atoms with van der Waals surface area (Å²) < 4.78 is 7.08. The number of hydrogen-bond acceptors (Lipinski definition) is 8. The number of aromatic nitrogens is 3. The summed E-state index contributed by atoms with van der Waals surface area (Å²) in [5.74, 6) is -0.209. The van der Waals surface area contributed by atoms with E-state index in [4.69, 9.17) is 9.72 Å². The quantitative estimate of drug-likeness (QED) is 0.252. The van der Waals surface area contributed by atoms with E-state index in [1.807, 2.05) is 18.2 Å². The first-order chi connectivity index (χ1) is 23.2. The van der Waals surface area contributed by atoms with Crippen molar-refractivity contribution in [3.05, 3.63) is 47.8 Å². The highest BCUT2D eigenvalue weighted by atomic mass is 16.5. The van der Waals surface area contributed by atoms with Gasteiger partial charge in [-0.15, -0.1) is 0 Å². The highest BCUT2D eigenvalue weighted by molar-refractivity contribution is 6.00. The number of nitrogens with zero attached hydrogens (tertiary/aromatic N) is 5. The molecule has 0 spiro atoms. The number of amides is 4. The van der Waals surface area contributed by atoms with E-state index in [9.17, 15) is 24.8 Å². The van der Waals surface area contributed by atoms with Gasteiger partial charge in [-0.1, -0.05) is 0 Å². The van der Waals surface area contributed by atoms with Crippen LogP contribution in [0.25, 0.3) is 16.9 Å². The fourth-order valence-electron chi connectivity index (χ4n) is 7.88. The summed E-state index contributed by atoms with van der Waals surface area (Å²) in [5.41, 5.74) is 3.05. The van der Waals surface area contributed by atoms with Crippen LogP contribution in [0.3, 0.4) is 0 Å². The second kappa shape index (κ2) is 13.0. The van der Waals surface area contributed by atoms with Crippen LogP contribution in [0.15, 0.2) is 36.7 Å². The van der Waals surface area contributed by atoms with E-state index >= 15 is 0 Å². The van der Waals surface area contributed by atoms with Crippen LogP contribution in [0.5, 0.6) is 0 Å². The molecule has 4 saturated carbocycles. The fourth-order valence-corrected chi connectivity index (χ4v) is 7.88. The molecule has 48 heavy (non-hydrogen) atoms. The van der Waals surface area contributed by atoms with Crippen molar-refractivity contribution in [3.63, 3.8) is 0 Å². The minimum atomic E-state index is -0.987. The zero-order valence-corrected chi connectivity index (χ0v) is 26.8. The monoisotopic (exact) mass is 655 g/mol. The Kier molecular flexibility index (Phi) is 8.55. The van der Waals surface area contributed by atoms with Crippen molar-refractivity contribution in [2.45, 2.75) is 87.4 Å². The predicted molar refractivity (Wildman–Crippen MR) is 176 cm³/mol. The summed E-state index contributed by atoms with van der Waals surface area (Å²) in [5, 5.41) is 36.1. The van der Waals surface area contributed by atoms with E-state index in [-0.39, 0.29) is 29.6 Å². The number of ether oxygens (including phenoxy) is 1. The molecule has 2 bridgehead atoms. The van der Waals surface area contributed by atoms with Gasteiger partial charge in [-0.05, 0) is 88.5 Å². The van der Waals surface area contributed by atoms with E-state index in [2.05, 4.69) is 32.4 Å². The van der Waals surface area contributed by atoms with Crippen LogP contribution in [0.2, 0.25) is 0 Å². The minimum absolute atomic E-state index is 0.0279. The molecule has 0 aromatic carbocycles. The van der Waals surface area contributed by atoms with Crippen molar-refractivity contribution in [1.82, 2.24) is 35.4 Å². The molecule has 0 atom stereocenters. The Labute approximate surface area is 278 Å². The third kappa shape index (κ3) is 6.47. The standard InChI is InChI=1S/C34H41N9O5/c35-19-22-17-25-5-6-29(43(25)37-20-22)28-18-27(40-33-7-10-34(11-8-33,12-9-33)41-32(46)47)26(21-36-28)30(44)38-23-1-3-24(4-2-23)39-31(45)42-13-15-48-16-14-42/h5-6,17-18,20-21,23-24,41H,1-4,7-16H2,(H,36,40)(H,38,44)(H,39,45)(H,46,47). The number of nitrogens with one attached hydrogen (secondary N) is 4. The number of hydrogen-bond donors (Lipinski definition) is 5. The highest BCUT2D eigenvalue weighted by Gasteiger charge is 2.49. The number of rotatable bonds is 7. The predicted octanol–water partition coefficient (Wildman–Crippen LogP) is 3.88. The van der Waals surface area contributed by atoms with Crippen LogP contribution in [0.4, 0.5) is 15.3 Å². The van der Waals surface area contributed by atoms with Crippen molar-refractivity contribution in [2.75, 3.05) is 31.6 Å². The number of anilines is 1. The molecule has 1 aliphatic heterocycles. The molecule has 4 amide bonds. The number of urea groups is 1. The van der Waals surface area contributed by atoms with Crippen molar-refractivity contribution >= 4 is 29.2 Å². The van der Waals surface area contributed by atoms with Crippen molar-refractivity contribution in [1.29, 1.82) is 5.26 Å². The zero-order valence-electron chi connectivity index (χ0n) is 26.8. The Morgan fingerprint density at radius 3 is 2.25 bits per heavy atom. The topological polar surface area (TPSA) is 186 Å². The lowest BCUT2D eigenvalue weighted by Crippen LogP contribution is -2.60. The van der Waals surface area contributed by atoms with Gasteiger partial charge < -0.3 is 36.0 Å². The molecule has 1 saturated heterocycles. The molecular formula is C34H41N9O5. The van der Waals surface area contributed by atoms with Crippen molar-refractivity contribution < 1.29 is 24.2 Å². The number of carbonyl (C=O) groups excluding carboxylic acids is 2. The summed E-state index contributed by atoms with van der Waals surface area (Å²) in [6.45, 7) is 2.32. The first-order valence-electron chi connectivity index (χ1n) is 16.9.